The maximum Gasteiger partial charge on any atom is 0.329 e. The minimum atomic E-state index is -0.979. The van der Waals surface area contributed by atoms with Crippen molar-refractivity contribution in [2.75, 3.05) is 52.4 Å². The van der Waals surface area contributed by atoms with E-state index in [1.54, 1.807) is 4.90 Å². The van der Waals surface area contributed by atoms with Crippen LogP contribution in [0.3, 0.4) is 0 Å². The molecule has 21 heavy (non-hydrogen) atoms. The van der Waals surface area contributed by atoms with Crippen LogP contribution in [0.25, 0.3) is 0 Å². The van der Waals surface area contributed by atoms with E-state index in [9.17, 15) is 9.59 Å². The maximum atomic E-state index is 12.3. The Bertz CT molecular complexity index is 388. The van der Waals surface area contributed by atoms with Gasteiger partial charge in [0.05, 0.1) is 13.1 Å². The molecule has 1 N–H and O–H groups in total. The Kier molecular flexibility index (Phi) is 5.05. The van der Waals surface area contributed by atoms with Gasteiger partial charge in [-0.25, -0.2) is 9.59 Å². The number of carboxylic acids is 1. The van der Waals surface area contributed by atoms with E-state index in [-0.39, 0.29) is 12.6 Å². The van der Waals surface area contributed by atoms with Gasteiger partial charge in [0.1, 0.15) is 12.2 Å². The molecule has 0 unspecified atom stereocenters. The fraction of sp³-hybridized carbons (Fsp3) is 0.857. The number of carbonyl (C=O) groups excluding carboxylic acids is 1. The zero-order valence-electron chi connectivity index (χ0n) is 12.9. The van der Waals surface area contributed by atoms with Crippen molar-refractivity contribution in [1.82, 2.24) is 14.7 Å². The summed E-state index contributed by atoms with van der Waals surface area (Å²) >= 11 is 0. The number of hydrogen-bond acceptors (Lipinski definition) is 4. The molecule has 2 saturated heterocycles. The standard InChI is InChI=1S/C14H25N3O4/c1-3-4-15-5-7-16(8-6-15)13(20)17-10-14(2,11-17)21-9-12(18)19/h3-11H2,1-2H3,(H,18,19). The minimum Gasteiger partial charge on any atom is -0.480 e. The second-order valence-corrected chi connectivity index (χ2v) is 6.10. The van der Waals surface area contributed by atoms with E-state index >= 15 is 0 Å². The van der Waals surface area contributed by atoms with Gasteiger partial charge in [-0.1, -0.05) is 6.92 Å². The number of urea groups is 1. The summed E-state index contributed by atoms with van der Waals surface area (Å²) in [6.07, 6.45) is 1.14. The summed E-state index contributed by atoms with van der Waals surface area (Å²) in [6, 6.07) is 0.0440. The summed E-state index contributed by atoms with van der Waals surface area (Å²) in [5.74, 6) is -0.979. The average molecular weight is 299 g/mol. The minimum absolute atomic E-state index is 0.0440. The molecule has 7 nitrogen and oxygen atoms in total. The van der Waals surface area contributed by atoms with E-state index < -0.39 is 11.6 Å². The number of aliphatic carboxylic acids is 1. The lowest BCUT2D eigenvalue weighted by atomic mass is 9.97. The third-order valence-corrected chi connectivity index (χ3v) is 4.05. The Balaban J connectivity index is 1.73. The van der Waals surface area contributed by atoms with Crippen LogP contribution in [0.15, 0.2) is 0 Å². The molecule has 0 radical (unpaired) electrons. The summed E-state index contributed by atoms with van der Waals surface area (Å²) in [6.45, 7) is 9.11. The van der Waals surface area contributed by atoms with Crippen molar-refractivity contribution in [3.63, 3.8) is 0 Å². The number of carbonyl (C=O) groups is 2. The summed E-state index contributed by atoms with van der Waals surface area (Å²) in [7, 11) is 0. The molecule has 2 aliphatic rings. The van der Waals surface area contributed by atoms with E-state index in [4.69, 9.17) is 9.84 Å². The summed E-state index contributed by atoms with van der Waals surface area (Å²) in [5.41, 5.74) is -0.516. The Morgan fingerprint density at radius 1 is 1.14 bits per heavy atom. The zero-order chi connectivity index (χ0) is 15.5. The van der Waals surface area contributed by atoms with Crippen molar-refractivity contribution in [3.05, 3.63) is 0 Å². The van der Waals surface area contributed by atoms with Gasteiger partial charge < -0.3 is 19.6 Å². The van der Waals surface area contributed by atoms with Crippen LogP contribution >= 0.6 is 0 Å². The van der Waals surface area contributed by atoms with Gasteiger partial charge in [0.15, 0.2) is 0 Å². The number of rotatable bonds is 5. The summed E-state index contributed by atoms with van der Waals surface area (Å²) in [5, 5.41) is 8.63. The van der Waals surface area contributed by atoms with Crippen molar-refractivity contribution in [2.45, 2.75) is 25.9 Å². The Morgan fingerprint density at radius 3 is 2.29 bits per heavy atom. The van der Waals surface area contributed by atoms with Crippen molar-refractivity contribution in [1.29, 1.82) is 0 Å². The first kappa shape index (κ1) is 16.0. The topological polar surface area (TPSA) is 73.3 Å². The van der Waals surface area contributed by atoms with E-state index in [1.807, 2.05) is 11.8 Å². The lowest BCUT2D eigenvalue weighted by Crippen LogP contribution is -2.66. The smallest absolute Gasteiger partial charge is 0.329 e. The molecule has 2 rings (SSSR count). The second kappa shape index (κ2) is 6.62. The first-order chi connectivity index (χ1) is 9.93. The first-order valence-electron chi connectivity index (χ1n) is 7.55. The summed E-state index contributed by atoms with van der Waals surface area (Å²) in [4.78, 5) is 28.8. The molecule has 0 aromatic carbocycles. The van der Waals surface area contributed by atoms with E-state index in [0.29, 0.717) is 13.1 Å². The largest absolute Gasteiger partial charge is 0.480 e. The number of hydrogen-bond donors (Lipinski definition) is 1. The SMILES string of the molecule is CCCN1CCN(C(=O)N2CC(C)(OCC(=O)O)C2)CC1. The number of likely N-dealkylation sites (tertiary alicyclic amines) is 1. The van der Waals surface area contributed by atoms with Gasteiger partial charge in [0.2, 0.25) is 0 Å². The fourth-order valence-electron chi connectivity index (χ4n) is 2.90. The van der Waals surface area contributed by atoms with Crippen molar-refractivity contribution >= 4 is 12.0 Å². The first-order valence-corrected chi connectivity index (χ1v) is 7.55. The number of amides is 2. The van der Waals surface area contributed by atoms with Crippen molar-refractivity contribution in [2.24, 2.45) is 0 Å². The molecule has 2 fully saturated rings. The molecule has 2 heterocycles. The second-order valence-electron chi connectivity index (χ2n) is 6.10. The van der Waals surface area contributed by atoms with E-state index in [0.717, 1.165) is 39.1 Å². The maximum absolute atomic E-state index is 12.3. The zero-order valence-corrected chi connectivity index (χ0v) is 12.9. The number of nitrogens with zero attached hydrogens (tertiary/aromatic N) is 3. The molecule has 2 aliphatic heterocycles. The van der Waals surface area contributed by atoms with Gasteiger partial charge in [-0.05, 0) is 19.9 Å². The van der Waals surface area contributed by atoms with Gasteiger partial charge in [-0.15, -0.1) is 0 Å². The van der Waals surface area contributed by atoms with Crippen LogP contribution in [0, 0.1) is 0 Å². The van der Waals surface area contributed by atoms with Crippen LogP contribution in [0.5, 0.6) is 0 Å². The van der Waals surface area contributed by atoms with Gasteiger partial charge in [0, 0.05) is 26.2 Å². The Hall–Kier alpha value is -1.34. The molecule has 0 aliphatic carbocycles. The Labute approximate surface area is 125 Å². The van der Waals surface area contributed by atoms with Crippen LogP contribution in [0.4, 0.5) is 4.79 Å². The highest BCUT2D eigenvalue weighted by Gasteiger charge is 2.44. The quantitative estimate of drug-likeness (QED) is 0.791. The molecule has 0 bridgehead atoms. The molecule has 0 aromatic rings. The third kappa shape index (κ3) is 4.07. The van der Waals surface area contributed by atoms with E-state index in [1.165, 1.54) is 0 Å². The monoisotopic (exact) mass is 299 g/mol. The van der Waals surface area contributed by atoms with Crippen molar-refractivity contribution in [3.8, 4) is 0 Å². The Morgan fingerprint density at radius 2 is 1.76 bits per heavy atom. The average Bonchev–Trinajstić information content (AvgIpc) is 2.42. The highest BCUT2D eigenvalue weighted by atomic mass is 16.5. The van der Waals surface area contributed by atoms with Crippen LogP contribution in [-0.2, 0) is 9.53 Å². The number of piperazine rings is 1. The van der Waals surface area contributed by atoms with Crippen LogP contribution in [0.1, 0.15) is 20.3 Å². The van der Waals surface area contributed by atoms with E-state index in [2.05, 4.69) is 11.8 Å². The van der Waals surface area contributed by atoms with Gasteiger partial charge in [-0.3, -0.25) is 4.90 Å². The van der Waals surface area contributed by atoms with Gasteiger partial charge >= 0.3 is 12.0 Å². The summed E-state index contributed by atoms with van der Waals surface area (Å²) < 4.78 is 5.32. The van der Waals surface area contributed by atoms with Crippen LogP contribution < -0.4 is 0 Å². The molecule has 0 aromatic heterocycles. The van der Waals surface area contributed by atoms with Gasteiger partial charge in [0.25, 0.3) is 0 Å². The lowest BCUT2D eigenvalue weighted by Gasteiger charge is -2.49. The molecule has 7 heteroatoms. The van der Waals surface area contributed by atoms with Gasteiger partial charge in [-0.2, -0.15) is 0 Å². The molecule has 0 saturated carbocycles. The highest BCUT2D eigenvalue weighted by molar-refractivity contribution is 5.76. The molecular formula is C14H25N3O4. The number of carboxylic acid groups (broad SMARTS) is 1. The predicted molar refractivity (Wildman–Crippen MR) is 77.3 cm³/mol. The molecule has 0 spiro atoms. The third-order valence-electron chi connectivity index (χ3n) is 4.05. The highest BCUT2D eigenvalue weighted by Crippen LogP contribution is 2.26. The van der Waals surface area contributed by atoms with Crippen LogP contribution in [-0.4, -0.2) is 89.8 Å². The van der Waals surface area contributed by atoms with Crippen molar-refractivity contribution < 1.29 is 19.4 Å². The molecule has 0 atom stereocenters. The molecule has 2 amide bonds. The predicted octanol–water partition coefficient (Wildman–Crippen LogP) is 0.310. The normalized spacial score (nSPS) is 22.0. The van der Waals surface area contributed by atoms with Crippen LogP contribution in [0.2, 0.25) is 0 Å². The number of ether oxygens (including phenoxy) is 1. The molecule has 120 valence electrons. The molecular weight excluding hydrogens is 274 g/mol. The fourth-order valence-corrected chi connectivity index (χ4v) is 2.90. The lowest BCUT2D eigenvalue weighted by molar-refractivity contribution is -0.160.